The van der Waals surface area contributed by atoms with Crippen molar-refractivity contribution in [1.29, 1.82) is 0 Å². The van der Waals surface area contributed by atoms with Gasteiger partial charge in [0, 0.05) is 17.4 Å². The Morgan fingerprint density at radius 1 is 0.857 bits per heavy atom. The topological polar surface area (TPSA) is 76.7 Å². The standard InChI is InChI=1S/C22H20N2O4/c1-27-18-11-7-10-17(14-18)24-21(25)15-28-22(26)19-12-5-6-13-20(19)23-16-8-3-2-4-9-16/h2-14,23H,15H2,1H3,(H,24,25). The summed E-state index contributed by atoms with van der Waals surface area (Å²) in [6.07, 6.45) is 0. The van der Waals surface area contributed by atoms with Gasteiger partial charge in [-0.25, -0.2) is 4.79 Å². The van der Waals surface area contributed by atoms with E-state index in [1.807, 2.05) is 36.4 Å². The van der Waals surface area contributed by atoms with Crippen LogP contribution in [0.15, 0.2) is 78.9 Å². The summed E-state index contributed by atoms with van der Waals surface area (Å²) in [5, 5.41) is 5.84. The van der Waals surface area contributed by atoms with Crippen LogP contribution in [0.1, 0.15) is 10.4 Å². The van der Waals surface area contributed by atoms with Gasteiger partial charge in [-0.3, -0.25) is 4.79 Å². The molecule has 0 aliphatic rings. The lowest BCUT2D eigenvalue weighted by Gasteiger charge is -2.12. The van der Waals surface area contributed by atoms with Crippen LogP contribution in [0.5, 0.6) is 5.75 Å². The Morgan fingerprint density at radius 2 is 1.57 bits per heavy atom. The first-order chi connectivity index (χ1) is 13.7. The molecule has 0 radical (unpaired) electrons. The van der Waals surface area contributed by atoms with Gasteiger partial charge in [-0.15, -0.1) is 0 Å². The Labute approximate surface area is 163 Å². The number of carbonyl (C=O) groups is 2. The average molecular weight is 376 g/mol. The normalized spacial score (nSPS) is 10.0. The lowest BCUT2D eigenvalue weighted by molar-refractivity contribution is -0.119. The van der Waals surface area contributed by atoms with E-state index in [0.29, 0.717) is 22.7 Å². The van der Waals surface area contributed by atoms with Crippen LogP contribution < -0.4 is 15.4 Å². The number of hydrogen-bond donors (Lipinski definition) is 2. The van der Waals surface area contributed by atoms with Gasteiger partial charge in [-0.05, 0) is 36.4 Å². The molecule has 3 aromatic carbocycles. The van der Waals surface area contributed by atoms with Crippen molar-refractivity contribution in [3.8, 4) is 5.75 Å². The molecule has 0 bridgehead atoms. The van der Waals surface area contributed by atoms with E-state index in [0.717, 1.165) is 5.69 Å². The van der Waals surface area contributed by atoms with Gasteiger partial charge in [0.05, 0.1) is 18.4 Å². The van der Waals surface area contributed by atoms with E-state index in [-0.39, 0.29) is 0 Å². The predicted molar refractivity (Wildman–Crippen MR) is 108 cm³/mol. The predicted octanol–water partition coefficient (Wildman–Crippen LogP) is 4.23. The molecule has 0 fully saturated rings. The Hall–Kier alpha value is -3.80. The minimum Gasteiger partial charge on any atom is -0.497 e. The van der Waals surface area contributed by atoms with Crippen molar-refractivity contribution in [3.63, 3.8) is 0 Å². The fraction of sp³-hybridized carbons (Fsp3) is 0.0909. The summed E-state index contributed by atoms with van der Waals surface area (Å²) in [6, 6.07) is 23.4. The number of amides is 1. The second-order valence-corrected chi connectivity index (χ2v) is 5.89. The third-order valence-electron chi connectivity index (χ3n) is 3.89. The zero-order chi connectivity index (χ0) is 19.8. The molecule has 6 heteroatoms. The van der Waals surface area contributed by atoms with Crippen LogP contribution in [-0.2, 0) is 9.53 Å². The summed E-state index contributed by atoms with van der Waals surface area (Å²) in [5.41, 5.74) is 2.36. The quantitative estimate of drug-likeness (QED) is 0.604. The molecular formula is C22H20N2O4. The number of anilines is 3. The highest BCUT2D eigenvalue weighted by atomic mass is 16.5. The number of benzene rings is 3. The minimum absolute atomic E-state index is 0.348. The van der Waals surface area contributed by atoms with Crippen molar-refractivity contribution in [2.75, 3.05) is 24.4 Å². The molecule has 28 heavy (non-hydrogen) atoms. The molecule has 3 rings (SSSR count). The molecule has 6 nitrogen and oxygen atoms in total. The molecular weight excluding hydrogens is 356 g/mol. The molecule has 0 atom stereocenters. The highest BCUT2D eigenvalue weighted by Crippen LogP contribution is 2.21. The number of nitrogens with one attached hydrogen (secondary N) is 2. The molecule has 0 aliphatic carbocycles. The Kier molecular flexibility index (Phi) is 6.25. The minimum atomic E-state index is -0.583. The third kappa shape index (κ3) is 5.11. The second-order valence-electron chi connectivity index (χ2n) is 5.89. The molecule has 0 saturated carbocycles. The van der Waals surface area contributed by atoms with E-state index in [2.05, 4.69) is 10.6 Å². The van der Waals surface area contributed by atoms with E-state index < -0.39 is 18.5 Å². The number of methoxy groups -OCH3 is 1. The van der Waals surface area contributed by atoms with Gasteiger partial charge in [0.15, 0.2) is 6.61 Å². The lowest BCUT2D eigenvalue weighted by atomic mass is 10.1. The zero-order valence-electron chi connectivity index (χ0n) is 15.3. The molecule has 2 N–H and O–H groups in total. The van der Waals surface area contributed by atoms with E-state index >= 15 is 0 Å². The maximum absolute atomic E-state index is 12.5. The Morgan fingerprint density at radius 3 is 2.36 bits per heavy atom. The van der Waals surface area contributed by atoms with Crippen LogP contribution in [0.2, 0.25) is 0 Å². The van der Waals surface area contributed by atoms with Gasteiger partial charge in [-0.2, -0.15) is 0 Å². The number of rotatable bonds is 7. The Bertz CT molecular complexity index is 958. The molecule has 1 amide bonds. The highest BCUT2D eigenvalue weighted by Gasteiger charge is 2.14. The van der Waals surface area contributed by atoms with Crippen LogP contribution in [0, 0.1) is 0 Å². The monoisotopic (exact) mass is 376 g/mol. The lowest BCUT2D eigenvalue weighted by Crippen LogP contribution is -2.21. The molecule has 142 valence electrons. The third-order valence-corrected chi connectivity index (χ3v) is 3.89. The van der Waals surface area contributed by atoms with Gasteiger partial charge in [0.2, 0.25) is 0 Å². The largest absolute Gasteiger partial charge is 0.497 e. The first-order valence-electron chi connectivity index (χ1n) is 8.68. The van der Waals surface area contributed by atoms with Crippen molar-refractivity contribution in [3.05, 3.63) is 84.4 Å². The van der Waals surface area contributed by atoms with Crippen LogP contribution in [0.25, 0.3) is 0 Å². The molecule has 0 spiro atoms. The first-order valence-corrected chi connectivity index (χ1v) is 8.68. The zero-order valence-corrected chi connectivity index (χ0v) is 15.3. The van der Waals surface area contributed by atoms with Gasteiger partial charge in [0.25, 0.3) is 5.91 Å². The van der Waals surface area contributed by atoms with E-state index in [1.165, 1.54) is 0 Å². The van der Waals surface area contributed by atoms with Gasteiger partial charge in [-0.1, -0.05) is 36.4 Å². The van der Waals surface area contributed by atoms with Gasteiger partial charge in [0.1, 0.15) is 5.75 Å². The average Bonchev–Trinajstić information content (AvgIpc) is 2.73. The summed E-state index contributed by atoms with van der Waals surface area (Å²) in [4.78, 5) is 24.5. The van der Waals surface area contributed by atoms with Crippen molar-refractivity contribution in [1.82, 2.24) is 0 Å². The summed E-state index contributed by atoms with van der Waals surface area (Å²) >= 11 is 0. The van der Waals surface area contributed by atoms with E-state index in [1.54, 1.807) is 49.6 Å². The van der Waals surface area contributed by atoms with Crippen LogP contribution in [-0.4, -0.2) is 25.6 Å². The molecule has 3 aromatic rings. The summed E-state index contributed by atoms with van der Waals surface area (Å²) < 4.78 is 10.3. The fourth-order valence-corrected chi connectivity index (χ4v) is 2.55. The van der Waals surface area contributed by atoms with Crippen LogP contribution >= 0.6 is 0 Å². The van der Waals surface area contributed by atoms with Crippen LogP contribution in [0.4, 0.5) is 17.1 Å². The molecule has 0 aromatic heterocycles. The van der Waals surface area contributed by atoms with Crippen molar-refractivity contribution < 1.29 is 19.1 Å². The molecule has 0 unspecified atom stereocenters. The second kappa shape index (κ2) is 9.23. The maximum Gasteiger partial charge on any atom is 0.340 e. The van der Waals surface area contributed by atoms with E-state index in [4.69, 9.17) is 9.47 Å². The summed E-state index contributed by atoms with van der Waals surface area (Å²) in [7, 11) is 1.55. The summed E-state index contributed by atoms with van der Waals surface area (Å²) in [6.45, 7) is -0.393. The molecule has 0 aliphatic heterocycles. The molecule has 0 heterocycles. The van der Waals surface area contributed by atoms with Gasteiger partial charge >= 0.3 is 5.97 Å². The highest BCUT2D eigenvalue weighted by molar-refractivity contribution is 5.99. The Balaban J connectivity index is 1.61. The van der Waals surface area contributed by atoms with Crippen molar-refractivity contribution in [2.45, 2.75) is 0 Å². The number of para-hydroxylation sites is 2. The first kappa shape index (κ1) is 19.0. The van der Waals surface area contributed by atoms with Crippen molar-refractivity contribution >= 4 is 28.9 Å². The maximum atomic E-state index is 12.5. The van der Waals surface area contributed by atoms with Crippen molar-refractivity contribution in [2.24, 2.45) is 0 Å². The smallest absolute Gasteiger partial charge is 0.340 e. The molecule has 0 saturated heterocycles. The summed E-state index contributed by atoms with van der Waals surface area (Å²) in [5.74, 6) is -0.398. The number of carbonyl (C=O) groups excluding carboxylic acids is 2. The van der Waals surface area contributed by atoms with Gasteiger partial charge < -0.3 is 20.1 Å². The SMILES string of the molecule is COc1cccc(NC(=O)COC(=O)c2ccccc2Nc2ccccc2)c1. The number of ether oxygens (including phenoxy) is 2. The van der Waals surface area contributed by atoms with Crippen LogP contribution in [0.3, 0.4) is 0 Å². The fourth-order valence-electron chi connectivity index (χ4n) is 2.55. The number of esters is 1. The number of hydrogen-bond acceptors (Lipinski definition) is 5. The van der Waals surface area contributed by atoms with E-state index in [9.17, 15) is 9.59 Å².